The van der Waals surface area contributed by atoms with Crippen molar-refractivity contribution in [2.75, 3.05) is 5.32 Å². The summed E-state index contributed by atoms with van der Waals surface area (Å²) in [6.45, 7) is 2.50. The van der Waals surface area contributed by atoms with Crippen LogP contribution in [-0.4, -0.2) is 20.6 Å². The van der Waals surface area contributed by atoms with Gasteiger partial charge < -0.3 is 9.67 Å². The summed E-state index contributed by atoms with van der Waals surface area (Å²) in [6.07, 6.45) is 1.69. The number of para-hydroxylation sites is 1. The number of hydrogen-bond donors (Lipinski definition) is 2. The van der Waals surface area contributed by atoms with Crippen LogP contribution in [0.15, 0.2) is 47.3 Å². The summed E-state index contributed by atoms with van der Waals surface area (Å²) in [4.78, 5) is 30.3. The van der Waals surface area contributed by atoms with E-state index in [1.54, 1.807) is 47.0 Å². The third-order valence-electron chi connectivity index (χ3n) is 4.68. The van der Waals surface area contributed by atoms with Gasteiger partial charge in [0.2, 0.25) is 0 Å². The van der Waals surface area contributed by atoms with E-state index in [2.05, 4.69) is 10.3 Å². The first-order chi connectivity index (χ1) is 14.0. The Morgan fingerprint density at radius 2 is 2.07 bits per heavy atom. The van der Waals surface area contributed by atoms with Crippen LogP contribution >= 0.6 is 22.9 Å². The van der Waals surface area contributed by atoms with Crippen LogP contribution in [-0.2, 0) is 6.54 Å². The van der Waals surface area contributed by atoms with Crippen molar-refractivity contribution in [1.82, 2.24) is 9.55 Å². The quantitative estimate of drug-likeness (QED) is 0.468. The summed E-state index contributed by atoms with van der Waals surface area (Å²) >= 11 is 7.25. The number of carbonyl (C=O) groups excluding carboxylic acids is 1. The normalized spacial score (nSPS) is 11.2. The van der Waals surface area contributed by atoms with E-state index in [9.17, 15) is 14.7 Å². The van der Waals surface area contributed by atoms with Crippen molar-refractivity contribution >= 4 is 55.1 Å². The van der Waals surface area contributed by atoms with E-state index in [0.717, 1.165) is 17.5 Å². The highest BCUT2D eigenvalue weighted by Crippen LogP contribution is 2.30. The fourth-order valence-corrected chi connectivity index (χ4v) is 4.38. The Morgan fingerprint density at radius 1 is 1.28 bits per heavy atom. The number of anilines is 1. The van der Waals surface area contributed by atoms with Crippen LogP contribution in [0.3, 0.4) is 0 Å². The van der Waals surface area contributed by atoms with E-state index in [0.29, 0.717) is 33.1 Å². The lowest BCUT2D eigenvalue weighted by molar-refractivity contribution is 0.102. The van der Waals surface area contributed by atoms with Crippen LogP contribution in [0.2, 0.25) is 5.02 Å². The molecule has 29 heavy (non-hydrogen) atoms. The van der Waals surface area contributed by atoms with Gasteiger partial charge in [-0.25, -0.2) is 4.98 Å². The number of nitrogens with one attached hydrogen (secondary N) is 1. The van der Waals surface area contributed by atoms with E-state index in [-0.39, 0.29) is 11.3 Å². The number of aryl methyl sites for hydroxylation is 1. The number of halogens is 1. The molecule has 0 saturated carbocycles. The fraction of sp³-hybridized carbons (Fsp3) is 0.190. The first kappa shape index (κ1) is 19.4. The molecule has 2 aromatic heterocycles. The number of aromatic hydroxyl groups is 1. The molecule has 0 bridgehead atoms. The van der Waals surface area contributed by atoms with Gasteiger partial charge in [0.1, 0.15) is 11.3 Å². The van der Waals surface area contributed by atoms with Gasteiger partial charge in [-0.2, -0.15) is 0 Å². The summed E-state index contributed by atoms with van der Waals surface area (Å²) in [5, 5.41) is 14.7. The average Bonchev–Trinajstić information content (AvgIpc) is 3.09. The molecule has 0 aliphatic rings. The van der Waals surface area contributed by atoms with Crippen LogP contribution in [0, 0.1) is 0 Å². The summed E-state index contributed by atoms with van der Waals surface area (Å²) < 4.78 is 2.36. The monoisotopic (exact) mass is 427 g/mol. The van der Waals surface area contributed by atoms with E-state index in [4.69, 9.17) is 11.6 Å². The Hall–Kier alpha value is -2.90. The van der Waals surface area contributed by atoms with E-state index in [1.807, 2.05) is 6.92 Å². The Balaban J connectivity index is 1.79. The van der Waals surface area contributed by atoms with Crippen molar-refractivity contribution < 1.29 is 9.90 Å². The maximum absolute atomic E-state index is 13.1. The fourth-order valence-electron chi connectivity index (χ4n) is 3.24. The molecule has 0 fully saturated rings. The van der Waals surface area contributed by atoms with Crippen molar-refractivity contribution in [3.8, 4) is 5.75 Å². The third-order valence-corrected chi connectivity index (χ3v) is 5.85. The Kier molecular flexibility index (Phi) is 5.25. The molecule has 0 radical (unpaired) electrons. The van der Waals surface area contributed by atoms with Crippen LogP contribution in [0.25, 0.3) is 21.1 Å². The molecule has 2 heterocycles. The van der Waals surface area contributed by atoms with Gasteiger partial charge in [0.05, 0.1) is 15.7 Å². The first-order valence-electron chi connectivity index (χ1n) is 9.21. The Bertz CT molecular complexity index is 1300. The predicted octanol–water partition coefficient (Wildman–Crippen LogP) is 5.02. The highest BCUT2D eigenvalue weighted by atomic mass is 35.5. The van der Waals surface area contributed by atoms with Gasteiger partial charge in [-0.05, 0) is 36.8 Å². The molecule has 0 spiro atoms. The molecule has 0 unspecified atom stereocenters. The SMILES string of the molecule is CCCCn1c(=O)c(C(=O)Nc2nc3ccc(Cl)cc3s2)c(O)c2ccccc21. The van der Waals surface area contributed by atoms with Gasteiger partial charge in [0.25, 0.3) is 11.5 Å². The maximum Gasteiger partial charge on any atom is 0.267 e. The highest BCUT2D eigenvalue weighted by molar-refractivity contribution is 7.22. The minimum Gasteiger partial charge on any atom is -0.506 e. The lowest BCUT2D eigenvalue weighted by atomic mass is 10.1. The number of fused-ring (bicyclic) bond motifs is 2. The topological polar surface area (TPSA) is 84.2 Å². The molecule has 148 valence electrons. The van der Waals surface area contributed by atoms with Crippen molar-refractivity contribution in [3.05, 3.63) is 63.4 Å². The average molecular weight is 428 g/mol. The molecule has 0 atom stereocenters. The zero-order chi connectivity index (χ0) is 20.5. The number of nitrogens with zero attached hydrogens (tertiary/aromatic N) is 2. The molecular weight excluding hydrogens is 410 g/mol. The molecule has 1 amide bonds. The van der Waals surface area contributed by atoms with Gasteiger partial charge >= 0.3 is 0 Å². The smallest absolute Gasteiger partial charge is 0.267 e. The summed E-state index contributed by atoms with van der Waals surface area (Å²) in [5.41, 5.74) is 0.501. The summed E-state index contributed by atoms with van der Waals surface area (Å²) in [6, 6.07) is 12.3. The molecule has 8 heteroatoms. The molecule has 6 nitrogen and oxygen atoms in total. The van der Waals surface area contributed by atoms with Gasteiger partial charge in [0, 0.05) is 17.0 Å². The van der Waals surface area contributed by atoms with Crippen LogP contribution in [0.4, 0.5) is 5.13 Å². The number of rotatable bonds is 5. The van der Waals surface area contributed by atoms with Crippen molar-refractivity contribution in [3.63, 3.8) is 0 Å². The predicted molar refractivity (Wildman–Crippen MR) is 117 cm³/mol. The lowest BCUT2D eigenvalue weighted by Crippen LogP contribution is -2.30. The van der Waals surface area contributed by atoms with Gasteiger partial charge in [-0.3, -0.25) is 14.9 Å². The Labute approximate surface area is 175 Å². The first-order valence-corrected chi connectivity index (χ1v) is 10.4. The van der Waals surface area contributed by atoms with Crippen LogP contribution in [0.5, 0.6) is 5.75 Å². The van der Waals surface area contributed by atoms with Crippen LogP contribution in [0.1, 0.15) is 30.1 Å². The van der Waals surface area contributed by atoms with Crippen molar-refractivity contribution in [2.24, 2.45) is 0 Å². The van der Waals surface area contributed by atoms with E-state index < -0.39 is 11.5 Å². The molecule has 0 saturated heterocycles. The van der Waals surface area contributed by atoms with Gasteiger partial charge in [-0.15, -0.1) is 0 Å². The second-order valence-electron chi connectivity index (χ2n) is 6.64. The second-order valence-corrected chi connectivity index (χ2v) is 8.10. The number of unbranched alkanes of at least 4 members (excludes halogenated alkanes) is 1. The number of hydrogen-bond acceptors (Lipinski definition) is 5. The molecule has 2 aromatic carbocycles. The number of carbonyl (C=O) groups is 1. The summed E-state index contributed by atoms with van der Waals surface area (Å²) in [7, 11) is 0. The number of amides is 1. The molecule has 0 aliphatic carbocycles. The zero-order valence-electron chi connectivity index (χ0n) is 15.6. The van der Waals surface area contributed by atoms with Gasteiger partial charge in [0.15, 0.2) is 5.13 Å². The Morgan fingerprint density at radius 3 is 2.86 bits per heavy atom. The number of benzene rings is 2. The van der Waals surface area contributed by atoms with Crippen molar-refractivity contribution in [1.29, 1.82) is 0 Å². The third kappa shape index (κ3) is 3.59. The molecular formula is C21H18ClN3O3S. The number of thiazole rings is 1. The molecule has 2 N–H and O–H groups in total. The standard InChI is InChI=1S/C21H18ClN3O3S/c1-2-3-10-25-15-7-5-4-6-13(15)18(26)17(20(25)28)19(27)24-21-23-14-9-8-12(22)11-16(14)29-21/h4-9,11,26H,2-3,10H2,1H3,(H,23,24,27). The van der Waals surface area contributed by atoms with E-state index in [1.165, 1.54) is 11.3 Å². The molecule has 4 aromatic rings. The molecule has 0 aliphatic heterocycles. The minimum absolute atomic E-state index is 0.280. The van der Waals surface area contributed by atoms with Crippen molar-refractivity contribution in [2.45, 2.75) is 26.3 Å². The highest BCUT2D eigenvalue weighted by Gasteiger charge is 2.23. The zero-order valence-corrected chi connectivity index (χ0v) is 17.2. The van der Waals surface area contributed by atoms with Gasteiger partial charge in [-0.1, -0.05) is 48.4 Å². The lowest BCUT2D eigenvalue weighted by Gasteiger charge is -2.14. The van der Waals surface area contributed by atoms with Crippen LogP contribution < -0.4 is 10.9 Å². The maximum atomic E-state index is 13.1. The number of aromatic nitrogens is 2. The van der Waals surface area contributed by atoms with E-state index >= 15 is 0 Å². The largest absolute Gasteiger partial charge is 0.506 e. The number of pyridine rings is 1. The summed E-state index contributed by atoms with van der Waals surface area (Å²) in [5.74, 6) is -1.01. The second kappa shape index (κ2) is 7.85. The minimum atomic E-state index is -0.686. The molecule has 4 rings (SSSR count).